The Labute approximate surface area is 354 Å². The van der Waals surface area contributed by atoms with Crippen LogP contribution in [0.5, 0.6) is 86.2 Å². The Morgan fingerprint density at radius 2 is 0.778 bits per heavy atom. The van der Waals surface area contributed by atoms with Crippen LogP contribution >= 0.6 is 0 Å². The predicted octanol–water partition coefficient (Wildman–Crippen LogP) is 4.44. The number of hydrogen-bond donors (Lipinski definition) is 15. The van der Waals surface area contributed by atoms with E-state index < -0.39 is 123 Å². The van der Waals surface area contributed by atoms with Crippen LogP contribution in [0.15, 0.2) is 78.9 Å². The number of ether oxygens (including phenoxy) is 3. The molecule has 0 unspecified atom stereocenters. The molecule has 3 aliphatic heterocycles. The number of aliphatic hydroxyl groups is 3. The summed E-state index contributed by atoms with van der Waals surface area (Å²) in [6, 6.07) is 14.4. The third-order valence-electron chi connectivity index (χ3n) is 11.8. The van der Waals surface area contributed by atoms with Crippen LogP contribution in [0.4, 0.5) is 0 Å². The Balaban J connectivity index is 1.31. The van der Waals surface area contributed by atoms with Gasteiger partial charge in [0.25, 0.3) is 0 Å². The Morgan fingerprint density at radius 3 is 1.29 bits per heavy atom. The van der Waals surface area contributed by atoms with Crippen molar-refractivity contribution in [3.63, 3.8) is 0 Å². The summed E-state index contributed by atoms with van der Waals surface area (Å²) < 4.78 is 18.9. The van der Waals surface area contributed by atoms with Crippen LogP contribution in [0.25, 0.3) is 0 Å². The van der Waals surface area contributed by atoms with Crippen LogP contribution in [0.1, 0.15) is 74.7 Å². The van der Waals surface area contributed by atoms with Gasteiger partial charge in [-0.25, -0.2) is 0 Å². The van der Waals surface area contributed by atoms with Crippen LogP contribution in [-0.2, 0) is 6.42 Å². The lowest BCUT2D eigenvalue weighted by atomic mass is 9.73. The maximum absolute atomic E-state index is 12.5. The van der Waals surface area contributed by atoms with Crippen molar-refractivity contribution in [3.05, 3.63) is 123 Å². The summed E-state index contributed by atoms with van der Waals surface area (Å²) in [5.41, 5.74) is -1.10. The molecule has 0 fully saturated rings. The molecule has 18 nitrogen and oxygen atoms in total. The van der Waals surface area contributed by atoms with Crippen molar-refractivity contribution in [1.29, 1.82) is 0 Å². The molecule has 0 saturated heterocycles. The molecule has 0 amide bonds. The maximum Gasteiger partial charge on any atom is 0.157 e. The lowest BCUT2D eigenvalue weighted by molar-refractivity contribution is -0.00562. The molecule has 0 radical (unpaired) electrons. The fourth-order valence-corrected chi connectivity index (χ4v) is 8.94. The molecule has 3 heterocycles. The second-order valence-electron chi connectivity index (χ2n) is 15.7. The van der Waals surface area contributed by atoms with Gasteiger partial charge >= 0.3 is 0 Å². The zero-order valence-electron chi connectivity index (χ0n) is 32.3. The Morgan fingerprint density at radius 1 is 0.365 bits per heavy atom. The maximum atomic E-state index is 12.5. The lowest BCUT2D eigenvalue weighted by Crippen LogP contribution is -2.39. The minimum absolute atomic E-state index is 0.0127. The number of hydrogen-bond acceptors (Lipinski definition) is 18. The first kappa shape index (κ1) is 40.6. The first-order valence-corrected chi connectivity index (χ1v) is 19.3. The summed E-state index contributed by atoms with van der Waals surface area (Å²) in [7, 11) is 0. The number of aliphatic hydroxyl groups excluding tert-OH is 3. The molecule has 0 aromatic heterocycles. The highest BCUT2D eigenvalue weighted by molar-refractivity contribution is 5.70. The van der Waals surface area contributed by atoms with Gasteiger partial charge in [-0.2, -0.15) is 0 Å². The normalized spacial score (nSPS) is 23.6. The molecule has 15 N–H and O–H groups in total. The van der Waals surface area contributed by atoms with Crippen molar-refractivity contribution in [3.8, 4) is 86.2 Å². The highest BCUT2D eigenvalue weighted by atomic mass is 16.5. The van der Waals surface area contributed by atoms with Gasteiger partial charge in [-0.15, -0.1) is 0 Å². The summed E-state index contributed by atoms with van der Waals surface area (Å²) in [6.07, 6.45) is -9.93. The second kappa shape index (κ2) is 14.7. The monoisotopic (exact) mass is 866 g/mol. The fraction of sp³-hybridized carbons (Fsp3) is 0.200. The van der Waals surface area contributed by atoms with Crippen LogP contribution < -0.4 is 14.2 Å². The van der Waals surface area contributed by atoms with Crippen LogP contribution in [0.2, 0.25) is 0 Å². The lowest BCUT2D eigenvalue weighted by Gasteiger charge is -2.43. The first-order chi connectivity index (χ1) is 29.9. The van der Waals surface area contributed by atoms with E-state index in [4.69, 9.17) is 14.2 Å². The minimum Gasteiger partial charge on any atom is -0.508 e. The number of benzene rings is 6. The predicted molar refractivity (Wildman–Crippen MR) is 214 cm³/mol. The molecular formula is C45H38O18. The standard InChI is InChI=1S/C45H38O18/c46-18-10-27(54)33-32(11-18)61-42(16-2-5-21(48)25(52)8-16)39(59)37(33)35-29(56)14-30(57)36-38(40(60)43(63-45(35)36)17-3-6-22(49)26(53)9-17)34-28(55)13-23(50)19-12-31(58)41(62-44(19)34)15-1-4-20(47)24(51)7-15/h1-11,13-14,31,37-43,46-60H,12H2/t31-,37-,38-,39-,40-,41+,42+,43+/m0/s1. The zero-order valence-corrected chi connectivity index (χ0v) is 32.3. The number of rotatable bonds is 5. The minimum atomic E-state index is -1.90. The van der Waals surface area contributed by atoms with Crippen molar-refractivity contribution >= 4 is 0 Å². The van der Waals surface area contributed by atoms with Crippen LogP contribution in [0.3, 0.4) is 0 Å². The van der Waals surface area contributed by atoms with Crippen molar-refractivity contribution in [2.45, 2.75) is 54.9 Å². The van der Waals surface area contributed by atoms with Gasteiger partial charge < -0.3 is 90.8 Å². The number of phenols is 12. The van der Waals surface area contributed by atoms with Crippen LogP contribution in [0, 0.1) is 0 Å². The van der Waals surface area contributed by atoms with Gasteiger partial charge in [-0.3, -0.25) is 0 Å². The summed E-state index contributed by atoms with van der Waals surface area (Å²) in [5.74, 6) is -11.5. The molecular weight excluding hydrogens is 828 g/mol. The summed E-state index contributed by atoms with van der Waals surface area (Å²) in [6.45, 7) is 0. The van der Waals surface area contributed by atoms with Gasteiger partial charge in [-0.05, 0) is 53.1 Å². The Kier molecular flexibility index (Phi) is 9.46. The number of phenolic OH excluding ortho intramolecular Hbond substituents is 12. The van der Waals surface area contributed by atoms with E-state index in [1.165, 1.54) is 18.2 Å². The van der Waals surface area contributed by atoms with Gasteiger partial charge in [0.1, 0.15) is 70.1 Å². The molecule has 18 heteroatoms. The summed E-state index contributed by atoms with van der Waals surface area (Å²) in [4.78, 5) is 0. The van der Waals surface area contributed by atoms with Gasteiger partial charge in [0.2, 0.25) is 0 Å². The molecule has 0 aliphatic carbocycles. The van der Waals surface area contributed by atoms with Gasteiger partial charge in [0.05, 0.1) is 17.9 Å². The number of aromatic hydroxyl groups is 12. The smallest absolute Gasteiger partial charge is 0.157 e. The van der Waals surface area contributed by atoms with Crippen LogP contribution in [-0.4, -0.2) is 94.9 Å². The Hall–Kier alpha value is -7.80. The van der Waals surface area contributed by atoms with Crippen molar-refractivity contribution in [1.82, 2.24) is 0 Å². The summed E-state index contributed by atoms with van der Waals surface area (Å²) >= 11 is 0. The van der Waals surface area contributed by atoms with Gasteiger partial charge in [0, 0.05) is 58.5 Å². The molecule has 0 spiro atoms. The molecule has 6 aromatic carbocycles. The van der Waals surface area contributed by atoms with E-state index in [2.05, 4.69) is 0 Å². The molecule has 0 bridgehead atoms. The van der Waals surface area contributed by atoms with Crippen molar-refractivity contribution in [2.75, 3.05) is 0 Å². The molecule has 326 valence electrons. The van der Waals surface area contributed by atoms with E-state index in [9.17, 15) is 76.6 Å². The quantitative estimate of drug-likeness (QED) is 0.106. The molecule has 3 aliphatic rings. The highest BCUT2D eigenvalue weighted by Crippen LogP contribution is 2.62. The largest absolute Gasteiger partial charge is 0.508 e. The van der Waals surface area contributed by atoms with E-state index >= 15 is 0 Å². The molecule has 8 atom stereocenters. The number of fused-ring (bicyclic) bond motifs is 3. The topological polar surface area (TPSA) is 331 Å². The average molecular weight is 867 g/mol. The molecule has 0 saturated carbocycles. The second-order valence-corrected chi connectivity index (χ2v) is 15.7. The van der Waals surface area contributed by atoms with E-state index in [1.807, 2.05) is 0 Å². The molecule has 6 aromatic rings. The van der Waals surface area contributed by atoms with E-state index in [1.54, 1.807) is 0 Å². The highest BCUT2D eigenvalue weighted by Gasteiger charge is 2.51. The third-order valence-corrected chi connectivity index (χ3v) is 11.8. The molecule has 9 rings (SSSR count). The van der Waals surface area contributed by atoms with E-state index in [-0.39, 0.29) is 62.4 Å². The first-order valence-electron chi connectivity index (χ1n) is 19.3. The SMILES string of the molecule is Oc1cc(O)c2c(c1)O[C@H](c1ccc(O)c(O)c1)[C@@H](O)[C@@H]2c1c(O)cc(O)c2c1O[C@H](c1ccc(O)c(O)c1)[C@@H](O)[C@H]2c1c(O)cc(O)c2c1O[C@H](c1ccc(O)c(O)c1)[C@@H](O)C2. The van der Waals surface area contributed by atoms with Gasteiger partial charge in [-0.1, -0.05) is 18.2 Å². The summed E-state index contributed by atoms with van der Waals surface area (Å²) in [5, 5.41) is 166. The van der Waals surface area contributed by atoms with E-state index in [0.717, 1.165) is 60.7 Å². The fourth-order valence-electron chi connectivity index (χ4n) is 8.94. The Bertz CT molecular complexity index is 2840. The molecule has 63 heavy (non-hydrogen) atoms. The van der Waals surface area contributed by atoms with Gasteiger partial charge in [0.15, 0.2) is 46.7 Å². The van der Waals surface area contributed by atoms with Crippen molar-refractivity contribution in [2.24, 2.45) is 0 Å². The van der Waals surface area contributed by atoms with Crippen molar-refractivity contribution < 1.29 is 90.8 Å². The van der Waals surface area contributed by atoms with E-state index in [0.29, 0.717) is 0 Å². The average Bonchev–Trinajstić information content (AvgIpc) is 3.22. The third kappa shape index (κ3) is 6.46. The zero-order chi connectivity index (χ0) is 44.9.